The third-order valence-electron chi connectivity index (χ3n) is 6.33. The van der Waals surface area contributed by atoms with Gasteiger partial charge in [-0.3, -0.25) is 24.6 Å². The highest BCUT2D eigenvalue weighted by molar-refractivity contribution is 5.81. The SMILES string of the molecule is CCCCN(CC(=O)O)C(C)CCN=C(C)N/C=C(/CC)N(C=O)CCNCc1[nH]nc2ccccc12. The second-order valence-corrected chi connectivity index (χ2v) is 9.15. The molecular formula is C27H43N7O3. The summed E-state index contributed by atoms with van der Waals surface area (Å²) in [6, 6.07) is 8.11. The summed E-state index contributed by atoms with van der Waals surface area (Å²) in [6.45, 7) is 11.3. The van der Waals surface area contributed by atoms with Gasteiger partial charge in [0.1, 0.15) is 0 Å². The molecule has 0 spiro atoms. The Morgan fingerprint density at radius 3 is 2.76 bits per heavy atom. The van der Waals surface area contributed by atoms with Crippen molar-refractivity contribution in [3.8, 4) is 0 Å². The Morgan fingerprint density at radius 2 is 2.05 bits per heavy atom. The Hall–Kier alpha value is -3.24. The molecule has 0 saturated heterocycles. The van der Waals surface area contributed by atoms with Gasteiger partial charge in [0, 0.05) is 49.5 Å². The minimum Gasteiger partial charge on any atom is -0.480 e. The zero-order valence-electron chi connectivity index (χ0n) is 22.7. The molecule has 1 aromatic heterocycles. The number of fused-ring (bicyclic) bond motifs is 1. The van der Waals surface area contributed by atoms with Crippen LogP contribution in [0.2, 0.25) is 0 Å². The fourth-order valence-electron chi connectivity index (χ4n) is 4.04. The van der Waals surface area contributed by atoms with Crippen molar-refractivity contribution in [1.82, 2.24) is 30.6 Å². The smallest absolute Gasteiger partial charge is 0.317 e. The van der Waals surface area contributed by atoms with Crippen LogP contribution in [-0.2, 0) is 16.1 Å². The number of allylic oxidation sites excluding steroid dienone is 1. The number of aliphatic imine (C=N–C) groups is 1. The van der Waals surface area contributed by atoms with E-state index in [2.05, 4.69) is 39.7 Å². The van der Waals surface area contributed by atoms with Crippen molar-refractivity contribution < 1.29 is 14.7 Å². The van der Waals surface area contributed by atoms with Crippen LogP contribution in [0.4, 0.5) is 0 Å². The van der Waals surface area contributed by atoms with E-state index in [-0.39, 0.29) is 12.6 Å². The molecule has 1 heterocycles. The fraction of sp³-hybridized carbons (Fsp3) is 0.556. The van der Waals surface area contributed by atoms with Gasteiger partial charge < -0.3 is 20.6 Å². The van der Waals surface area contributed by atoms with E-state index in [0.717, 1.165) is 60.3 Å². The first-order valence-corrected chi connectivity index (χ1v) is 13.2. The summed E-state index contributed by atoms with van der Waals surface area (Å²) >= 11 is 0. The van der Waals surface area contributed by atoms with E-state index in [9.17, 15) is 14.7 Å². The van der Waals surface area contributed by atoms with Crippen molar-refractivity contribution in [2.24, 2.45) is 4.99 Å². The van der Waals surface area contributed by atoms with E-state index in [1.807, 2.05) is 49.2 Å². The quantitative estimate of drug-likeness (QED) is 0.104. The number of carboxylic acids is 1. The van der Waals surface area contributed by atoms with Crippen molar-refractivity contribution in [3.63, 3.8) is 0 Å². The molecule has 0 saturated carbocycles. The Balaban J connectivity index is 1.81. The van der Waals surface area contributed by atoms with E-state index in [1.54, 1.807) is 4.90 Å². The van der Waals surface area contributed by atoms with Crippen LogP contribution in [0.25, 0.3) is 10.9 Å². The highest BCUT2D eigenvalue weighted by Crippen LogP contribution is 2.14. The van der Waals surface area contributed by atoms with Crippen molar-refractivity contribution in [1.29, 1.82) is 0 Å². The number of aliphatic carboxylic acids is 1. The molecule has 204 valence electrons. The number of benzene rings is 1. The minimum atomic E-state index is -0.800. The van der Waals surface area contributed by atoms with Gasteiger partial charge in [-0.2, -0.15) is 5.10 Å². The molecule has 1 unspecified atom stereocenters. The number of carbonyl (C=O) groups is 2. The molecule has 0 aliphatic rings. The standard InChI is InChI=1S/C27H43N7O3/c1-5-7-15-33(19-27(36)37)21(3)12-13-29-22(4)30-17-23(6-2)34(20-35)16-14-28-18-26-24-10-8-9-11-25(24)31-32-26/h8-11,17,20-21,28H,5-7,12-16,18-19H2,1-4H3,(H,29,30)(H,31,32)(H,36,37)/b23-17-. The molecule has 10 heteroatoms. The molecule has 0 bridgehead atoms. The molecule has 1 amide bonds. The first kappa shape index (κ1) is 30.0. The van der Waals surface area contributed by atoms with Crippen molar-refractivity contribution in [3.05, 3.63) is 41.9 Å². The summed E-state index contributed by atoms with van der Waals surface area (Å²) in [5.74, 6) is -0.0437. The molecule has 0 aliphatic carbocycles. The van der Waals surface area contributed by atoms with Crippen LogP contribution in [0.15, 0.2) is 41.2 Å². The molecule has 0 fully saturated rings. The van der Waals surface area contributed by atoms with Gasteiger partial charge in [0.25, 0.3) is 0 Å². The summed E-state index contributed by atoms with van der Waals surface area (Å²) in [5.41, 5.74) is 2.84. The van der Waals surface area contributed by atoms with E-state index in [4.69, 9.17) is 0 Å². The first-order valence-electron chi connectivity index (χ1n) is 13.2. The van der Waals surface area contributed by atoms with Crippen LogP contribution in [0.1, 0.15) is 59.1 Å². The lowest BCUT2D eigenvalue weighted by Gasteiger charge is -2.27. The van der Waals surface area contributed by atoms with E-state index < -0.39 is 5.97 Å². The van der Waals surface area contributed by atoms with Gasteiger partial charge in [0.05, 0.1) is 23.6 Å². The monoisotopic (exact) mass is 513 g/mol. The number of aromatic amines is 1. The predicted molar refractivity (Wildman–Crippen MR) is 148 cm³/mol. The molecule has 1 aromatic carbocycles. The molecule has 10 nitrogen and oxygen atoms in total. The maximum Gasteiger partial charge on any atom is 0.317 e. The average molecular weight is 514 g/mol. The molecule has 0 aliphatic heterocycles. The number of carboxylic acid groups (broad SMARTS) is 1. The average Bonchev–Trinajstić information content (AvgIpc) is 3.30. The van der Waals surface area contributed by atoms with Gasteiger partial charge in [0.15, 0.2) is 0 Å². The number of unbranched alkanes of at least 4 members (excludes halogenated alkanes) is 1. The van der Waals surface area contributed by atoms with Gasteiger partial charge in [-0.05, 0) is 45.7 Å². The second-order valence-electron chi connectivity index (χ2n) is 9.15. The second kappa shape index (κ2) is 16.5. The number of hydrogen-bond donors (Lipinski definition) is 4. The number of hydrogen-bond acceptors (Lipinski definition) is 6. The van der Waals surface area contributed by atoms with E-state index >= 15 is 0 Å². The number of nitrogens with one attached hydrogen (secondary N) is 3. The summed E-state index contributed by atoms with van der Waals surface area (Å²) in [5, 5.41) is 24.2. The van der Waals surface area contributed by atoms with Crippen LogP contribution in [0.3, 0.4) is 0 Å². The third-order valence-corrected chi connectivity index (χ3v) is 6.33. The van der Waals surface area contributed by atoms with Gasteiger partial charge >= 0.3 is 5.97 Å². The zero-order valence-corrected chi connectivity index (χ0v) is 22.7. The summed E-state index contributed by atoms with van der Waals surface area (Å²) in [4.78, 5) is 31.2. The normalized spacial score (nSPS) is 13.2. The molecule has 2 rings (SSSR count). The van der Waals surface area contributed by atoms with Crippen LogP contribution in [-0.4, -0.2) is 82.1 Å². The van der Waals surface area contributed by atoms with Crippen LogP contribution >= 0.6 is 0 Å². The number of rotatable bonds is 18. The molecule has 4 N–H and O–H groups in total. The number of para-hydroxylation sites is 1. The Labute approximate surface area is 220 Å². The fourth-order valence-corrected chi connectivity index (χ4v) is 4.04. The Morgan fingerprint density at radius 1 is 1.27 bits per heavy atom. The number of aromatic nitrogens is 2. The number of amides is 1. The molecular weight excluding hydrogens is 470 g/mol. The van der Waals surface area contributed by atoms with Crippen LogP contribution in [0.5, 0.6) is 0 Å². The number of nitrogens with zero attached hydrogens (tertiary/aromatic N) is 4. The number of carbonyl (C=O) groups excluding carboxylic acids is 1. The highest BCUT2D eigenvalue weighted by atomic mass is 16.4. The Bertz CT molecular complexity index is 1030. The summed E-state index contributed by atoms with van der Waals surface area (Å²) in [6.07, 6.45) is 6.17. The molecule has 0 radical (unpaired) electrons. The topological polar surface area (TPSA) is 126 Å². The van der Waals surface area contributed by atoms with Crippen LogP contribution in [0, 0.1) is 0 Å². The van der Waals surface area contributed by atoms with Crippen molar-refractivity contribution in [2.75, 3.05) is 32.7 Å². The Kier molecular flexibility index (Phi) is 13.4. The predicted octanol–water partition coefficient (Wildman–Crippen LogP) is 3.34. The van der Waals surface area contributed by atoms with Crippen molar-refractivity contribution in [2.45, 2.75) is 66.0 Å². The highest BCUT2D eigenvalue weighted by Gasteiger charge is 2.16. The molecule has 2 aromatic rings. The lowest BCUT2D eigenvalue weighted by Crippen LogP contribution is -2.38. The molecule has 1 atom stereocenters. The number of amidine groups is 1. The van der Waals surface area contributed by atoms with Gasteiger partial charge in [-0.1, -0.05) is 38.5 Å². The maximum atomic E-state index is 11.7. The van der Waals surface area contributed by atoms with Crippen molar-refractivity contribution >= 4 is 29.1 Å². The maximum absolute atomic E-state index is 11.7. The minimum absolute atomic E-state index is 0.0551. The van der Waals surface area contributed by atoms with E-state index in [1.165, 1.54) is 0 Å². The lowest BCUT2D eigenvalue weighted by atomic mass is 10.2. The number of H-pyrrole nitrogens is 1. The van der Waals surface area contributed by atoms with Gasteiger partial charge in [0.2, 0.25) is 6.41 Å². The lowest BCUT2D eigenvalue weighted by molar-refractivity contribution is -0.138. The van der Waals surface area contributed by atoms with Gasteiger partial charge in [-0.25, -0.2) is 0 Å². The third kappa shape index (κ3) is 10.3. The first-order chi connectivity index (χ1) is 17.9. The zero-order chi connectivity index (χ0) is 27.0. The van der Waals surface area contributed by atoms with E-state index in [0.29, 0.717) is 32.6 Å². The van der Waals surface area contributed by atoms with Gasteiger partial charge in [-0.15, -0.1) is 0 Å². The largest absolute Gasteiger partial charge is 0.480 e. The summed E-state index contributed by atoms with van der Waals surface area (Å²) < 4.78 is 0. The summed E-state index contributed by atoms with van der Waals surface area (Å²) in [7, 11) is 0. The molecule has 37 heavy (non-hydrogen) atoms. The van der Waals surface area contributed by atoms with Crippen LogP contribution < -0.4 is 10.6 Å².